The van der Waals surface area contributed by atoms with Gasteiger partial charge in [-0.1, -0.05) is 0 Å². The van der Waals surface area contributed by atoms with Gasteiger partial charge in [0.2, 0.25) is 0 Å². The summed E-state index contributed by atoms with van der Waals surface area (Å²) in [6.45, 7) is 0. The van der Waals surface area contributed by atoms with E-state index in [1.54, 1.807) is 6.07 Å². The van der Waals surface area contributed by atoms with Crippen molar-refractivity contribution >= 4 is 12.9 Å². The van der Waals surface area contributed by atoms with E-state index in [1.165, 1.54) is 12.5 Å². The zero-order chi connectivity index (χ0) is 5.11. The molecular formula is C4H4BO2. The molecule has 1 heterocycles. The van der Waals surface area contributed by atoms with Crippen molar-refractivity contribution in [3.63, 3.8) is 0 Å². The van der Waals surface area contributed by atoms with Crippen LogP contribution in [-0.4, -0.2) is 12.5 Å². The van der Waals surface area contributed by atoms with E-state index in [0.717, 1.165) is 7.48 Å². The zero-order valence-corrected chi connectivity index (χ0v) is 3.66. The fourth-order valence-corrected chi connectivity index (χ4v) is 0.348. The second-order valence-corrected chi connectivity index (χ2v) is 1.19. The minimum Gasteiger partial charge on any atom is -0.473 e. The molecule has 1 rings (SSSR count). The largest absolute Gasteiger partial charge is 0.473 e. The third kappa shape index (κ3) is 0.840. The molecule has 0 aliphatic heterocycles. The monoisotopic (exact) mass is 95.0 g/mol. The van der Waals surface area contributed by atoms with Gasteiger partial charge in [-0.15, -0.1) is 0 Å². The summed E-state index contributed by atoms with van der Waals surface area (Å²) in [4.78, 5) is 0. The third-order valence-corrected chi connectivity index (χ3v) is 0.692. The van der Waals surface area contributed by atoms with Crippen LogP contribution >= 0.6 is 0 Å². The molecule has 0 amide bonds. The van der Waals surface area contributed by atoms with E-state index in [4.69, 9.17) is 5.02 Å². The topological polar surface area (TPSA) is 33.4 Å². The summed E-state index contributed by atoms with van der Waals surface area (Å²) >= 11 is 0. The second-order valence-electron chi connectivity index (χ2n) is 1.19. The SMILES string of the molecule is O[B]c1ccoc1. The van der Waals surface area contributed by atoms with Crippen LogP contribution in [0.4, 0.5) is 0 Å². The molecule has 0 saturated carbocycles. The van der Waals surface area contributed by atoms with Crippen LogP contribution in [0.1, 0.15) is 0 Å². The van der Waals surface area contributed by atoms with Crippen LogP contribution in [0.2, 0.25) is 0 Å². The van der Waals surface area contributed by atoms with Crippen LogP contribution in [0.15, 0.2) is 23.0 Å². The average molecular weight is 94.9 g/mol. The van der Waals surface area contributed by atoms with Crippen molar-refractivity contribution in [2.24, 2.45) is 0 Å². The first-order valence-electron chi connectivity index (χ1n) is 1.93. The molecule has 0 unspecified atom stereocenters. The maximum absolute atomic E-state index is 8.24. The molecular weight excluding hydrogens is 90.9 g/mol. The Balaban J connectivity index is 2.76. The summed E-state index contributed by atoms with van der Waals surface area (Å²) in [5, 5.41) is 8.24. The van der Waals surface area contributed by atoms with E-state index in [0.29, 0.717) is 5.46 Å². The molecule has 3 heteroatoms. The van der Waals surface area contributed by atoms with Gasteiger partial charge in [0.25, 0.3) is 0 Å². The summed E-state index contributed by atoms with van der Waals surface area (Å²) in [5.41, 5.74) is 0.694. The normalized spacial score (nSPS) is 8.71. The lowest BCUT2D eigenvalue weighted by molar-refractivity contribution is 0.567. The number of furan rings is 1. The van der Waals surface area contributed by atoms with Crippen molar-refractivity contribution in [2.45, 2.75) is 0 Å². The van der Waals surface area contributed by atoms with Crippen molar-refractivity contribution in [3.8, 4) is 0 Å². The summed E-state index contributed by atoms with van der Waals surface area (Å²) in [6.07, 6.45) is 2.96. The average Bonchev–Trinajstić information content (AvgIpc) is 2.14. The standard InChI is InChI=1S/C4H4BO2/c6-5-4-1-2-7-3-4/h1-3,6H. The first-order valence-corrected chi connectivity index (χ1v) is 1.93. The highest BCUT2D eigenvalue weighted by Gasteiger charge is 1.89. The summed E-state index contributed by atoms with van der Waals surface area (Å²) in [7, 11) is 0.990. The Labute approximate surface area is 42.0 Å². The number of rotatable bonds is 1. The van der Waals surface area contributed by atoms with Gasteiger partial charge >= 0.3 is 7.48 Å². The van der Waals surface area contributed by atoms with Gasteiger partial charge in [-0.25, -0.2) is 0 Å². The van der Waals surface area contributed by atoms with E-state index in [9.17, 15) is 0 Å². The van der Waals surface area contributed by atoms with Crippen molar-refractivity contribution in [1.82, 2.24) is 0 Å². The maximum Gasteiger partial charge on any atom is 0.330 e. The minimum atomic E-state index is 0.694. The molecule has 1 N–H and O–H groups in total. The molecule has 0 aliphatic carbocycles. The second kappa shape index (κ2) is 1.84. The smallest absolute Gasteiger partial charge is 0.330 e. The third-order valence-electron chi connectivity index (χ3n) is 0.692. The van der Waals surface area contributed by atoms with Gasteiger partial charge in [0.1, 0.15) is 0 Å². The highest BCUT2D eigenvalue weighted by molar-refractivity contribution is 6.45. The molecule has 35 valence electrons. The Morgan fingerprint density at radius 1 is 1.71 bits per heavy atom. The molecule has 0 aromatic carbocycles. The van der Waals surface area contributed by atoms with Crippen LogP contribution in [-0.2, 0) is 0 Å². The fraction of sp³-hybridized carbons (Fsp3) is 0. The van der Waals surface area contributed by atoms with Gasteiger partial charge in [-0.2, -0.15) is 0 Å². The van der Waals surface area contributed by atoms with Gasteiger partial charge in [0, 0.05) is 0 Å². The van der Waals surface area contributed by atoms with Crippen LogP contribution < -0.4 is 5.46 Å². The fourth-order valence-electron chi connectivity index (χ4n) is 0.348. The molecule has 1 radical (unpaired) electrons. The molecule has 0 bridgehead atoms. The van der Waals surface area contributed by atoms with Gasteiger partial charge < -0.3 is 9.44 Å². The summed E-state index contributed by atoms with van der Waals surface area (Å²) in [6, 6.07) is 1.67. The van der Waals surface area contributed by atoms with E-state index in [-0.39, 0.29) is 0 Å². The lowest BCUT2D eigenvalue weighted by atomic mass is 9.93. The van der Waals surface area contributed by atoms with Crippen molar-refractivity contribution in [1.29, 1.82) is 0 Å². The van der Waals surface area contributed by atoms with Gasteiger partial charge in [-0.3, -0.25) is 0 Å². The molecule has 0 aliphatic rings. The predicted octanol–water partition coefficient (Wildman–Crippen LogP) is -0.484. The highest BCUT2D eigenvalue weighted by atomic mass is 16.3. The minimum absolute atomic E-state index is 0.694. The summed E-state index contributed by atoms with van der Waals surface area (Å²) < 4.78 is 4.61. The Morgan fingerprint density at radius 3 is 2.86 bits per heavy atom. The zero-order valence-electron chi connectivity index (χ0n) is 3.66. The van der Waals surface area contributed by atoms with Crippen LogP contribution in [0.5, 0.6) is 0 Å². The van der Waals surface area contributed by atoms with Crippen LogP contribution in [0, 0.1) is 0 Å². The highest BCUT2D eigenvalue weighted by Crippen LogP contribution is 1.77. The van der Waals surface area contributed by atoms with Gasteiger partial charge in [0.15, 0.2) is 0 Å². The molecule has 0 saturated heterocycles. The lowest BCUT2D eigenvalue weighted by Gasteiger charge is -1.72. The number of hydrogen-bond donors (Lipinski definition) is 1. The van der Waals surface area contributed by atoms with Crippen LogP contribution in [0.3, 0.4) is 0 Å². The summed E-state index contributed by atoms with van der Waals surface area (Å²) in [5.74, 6) is 0. The van der Waals surface area contributed by atoms with E-state index in [2.05, 4.69) is 4.42 Å². The molecule has 0 spiro atoms. The Kier molecular flexibility index (Phi) is 1.17. The quantitative estimate of drug-likeness (QED) is 0.477. The van der Waals surface area contributed by atoms with Crippen molar-refractivity contribution in [2.75, 3.05) is 0 Å². The molecule has 0 atom stereocenters. The molecule has 2 nitrogen and oxygen atoms in total. The Morgan fingerprint density at radius 2 is 2.57 bits per heavy atom. The van der Waals surface area contributed by atoms with Gasteiger partial charge in [-0.05, 0) is 11.5 Å². The molecule has 7 heavy (non-hydrogen) atoms. The molecule has 0 fully saturated rings. The van der Waals surface area contributed by atoms with Gasteiger partial charge in [0.05, 0.1) is 12.5 Å². The van der Waals surface area contributed by atoms with E-state index < -0.39 is 0 Å². The molecule has 1 aromatic heterocycles. The van der Waals surface area contributed by atoms with Crippen molar-refractivity contribution < 1.29 is 9.44 Å². The first-order chi connectivity index (χ1) is 3.43. The van der Waals surface area contributed by atoms with Crippen molar-refractivity contribution in [3.05, 3.63) is 18.6 Å². The Hall–Kier alpha value is -0.695. The number of hydrogen-bond acceptors (Lipinski definition) is 2. The predicted molar refractivity (Wildman–Crippen MR) is 26.3 cm³/mol. The first kappa shape index (κ1) is 4.46. The molecule has 1 aromatic rings. The maximum atomic E-state index is 8.24. The van der Waals surface area contributed by atoms with E-state index >= 15 is 0 Å². The Bertz CT molecular complexity index is 124. The van der Waals surface area contributed by atoms with E-state index in [1.807, 2.05) is 0 Å². The lowest BCUT2D eigenvalue weighted by Crippen LogP contribution is -2.08. The van der Waals surface area contributed by atoms with Crippen LogP contribution in [0.25, 0.3) is 0 Å².